The zero-order valence-corrected chi connectivity index (χ0v) is 20.0. The zero-order chi connectivity index (χ0) is 24.1. The summed E-state index contributed by atoms with van der Waals surface area (Å²) in [6.45, 7) is 5.98. The van der Waals surface area contributed by atoms with Crippen LogP contribution in [0.2, 0.25) is 0 Å². The van der Waals surface area contributed by atoms with Crippen molar-refractivity contribution < 1.29 is 14.3 Å². The molecule has 0 radical (unpaired) electrons. The molecule has 6 heteroatoms. The van der Waals surface area contributed by atoms with Crippen LogP contribution in [0.4, 0.5) is 5.69 Å². The molecule has 0 saturated carbocycles. The molecule has 0 aliphatic rings. The van der Waals surface area contributed by atoms with Crippen LogP contribution in [-0.4, -0.2) is 22.8 Å². The maximum Gasteiger partial charge on any atom is 0.226 e. The summed E-state index contributed by atoms with van der Waals surface area (Å²) in [6.07, 6.45) is 0.803. The van der Waals surface area contributed by atoms with Gasteiger partial charge in [-0.1, -0.05) is 30.3 Å². The molecule has 0 bridgehead atoms. The number of methoxy groups -OCH3 is 1. The van der Waals surface area contributed by atoms with Gasteiger partial charge in [-0.05, 0) is 74.7 Å². The van der Waals surface area contributed by atoms with Crippen LogP contribution in [0.3, 0.4) is 0 Å². The highest BCUT2D eigenvalue weighted by atomic mass is 16.5. The van der Waals surface area contributed by atoms with Gasteiger partial charge >= 0.3 is 0 Å². The number of anilines is 1. The SMILES string of the molecule is COc1cccc(Oc2c(CCC(=O)Nc3cccc(C)c3)c(C)nn2-c2cccc(C)c2)c1. The molecule has 0 aliphatic carbocycles. The van der Waals surface area contributed by atoms with Crippen molar-refractivity contribution in [3.8, 4) is 23.1 Å². The summed E-state index contributed by atoms with van der Waals surface area (Å²) < 4.78 is 13.5. The van der Waals surface area contributed by atoms with E-state index in [1.807, 2.05) is 87.5 Å². The van der Waals surface area contributed by atoms with Crippen LogP contribution in [0.5, 0.6) is 17.4 Å². The second-order valence-corrected chi connectivity index (χ2v) is 8.32. The highest BCUT2D eigenvalue weighted by molar-refractivity contribution is 5.90. The number of benzene rings is 3. The highest BCUT2D eigenvalue weighted by Crippen LogP contribution is 2.33. The Bertz CT molecular complexity index is 1310. The molecule has 6 nitrogen and oxygen atoms in total. The Balaban J connectivity index is 1.63. The first kappa shape index (κ1) is 23.1. The van der Waals surface area contributed by atoms with Crippen LogP contribution in [0.25, 0.3) is 5.69 Å². The largest absolute Gasteiger partial charge is 0.497 e. The average molecular weight is 456 g/mol. The van der Waals surface area contributed by atoms with Crippen molar-refractivity contribution in [3.05, 3.63) is 95.2 Å². The van der Waals surface area contributed by atoms with E-state index in [2.05, 4.69) is 11.4 Å². The van der Waals surface area contributed by atoms with Gasteiger partial charge in [0.05, 0.1) is 18.5 Å². The Kier molecular flexibility index (Phi) is 6.97. The first-order valence-electron chi connectivity index (χ1n) is 11.3. The van der Waals surface area contributed by atoms with Crippen LogP contribution in [0.1, 0.15) is 28.8 Å². The molecule has 0 atom stereocenters. The van der Waals surface area contributed by atoms with Crippen molar-refractivity contribution in [2.75, 3.05) is 12.4 Å². The number of hydrogen-bond donors (Lipinski definition) is 1. The minimum atomic E-state index is -0.0550. The number of amides is 1. The maximum atomic E-state index is 12.7. The second-order valence-electron chi connectivity index (χ2n) is 8.32. The lowest BCUT2D eigenvalue weighted by atomic mass is 10.1. The Hall–Kier alpha value is -4.06. The summed E-state index contributed by atoms with van der Waals surface area (Å²) in [5, 5.41) is 7.74. The van der Waals surface area contributed by atoms with Crippen LogP contribution in [0.15, 0.2) is 72.8 Å². The molecule has 1 heterocycles. The van der Waals surface area contributed by atoms with E-state index in [0.717, 1.165) is 33.8 Å². The van der Waals surface area contributed by atoms with E-state index >= 15 is 0 Å². The fourth-order valence-electron chi connectivity index (χ4n) is 3.83. The smallest absolute Gasteiger partial charge is 0.226 e. The molecule has 4 aromatic rings. The minimum Gasteiger partial charge on any atom is -0.497 e. The number of carbonyl (C=O) groups excluding carboxylic acids is 1. The fourth-order valence-corrected chi connectivity index (χ4v) is 3.83. The second kappa shape index (κ2) is 10.3. The highest BCUT2D eigenvalue weighted by Gasteiger charge is 2.20. The van der Waals surface area contributed by atoms with Gasteiger partial charge in [0.1, 0.15) is 11.5 Å². The molecule has 174 valence electrons. The van der Waals surface area contributed by atoms with Crippen LogP contribution < -0.4 is 14.8 Å². The van der Waals surface area contributed by atoms with Gasteiger partial charge in [-0.25, -0.2) is 4.68 Å². The number of aryl methyl sites for hydroxylation is 3. The normalized spacial score (nSPS) is 10.7. The molecule has 0 saturated heterocycles. The van der Waals surface area contributed by atoms with E-state index in [1.165, 1.54) is 0 Å². The fraction of sp³-hybridized carbons (Fsp3) is 0.214. The standard InChI is InChI=1S/C28H29N3O3/c1-19-8-5-10-22(16-19)29-27(32)15-14-26-21(3)30-31(23-11-6-9-20(2)17-23)28(26)34-25-13-7-12-24(18-25)33-4/h5-13,16-18H,14-15H2,1-4H3,(H,29,32). The van der Waals surface area contributed by atoms with E-state index in [9.17, 15) is 4.79 Å². The average Bonchev–Trinajstić information content (AvgIpc) is 3.12. The summed E-state index contributed by atoms with van der Waals surface area (Å²) in [7, 11) is 1.62. The van der Waals surface area contributed by atoms with Crippen molar-refractivity contribution in [2.24, 2.45) is 0 Å². The van der Waals surface area contributed by atoms with Crippen molar-refractivity contribution in [1.29, 1.82) is 0 Å². The molecule has 0 unspecified atom stereocenters. The Morgan fingerprint density at radius 1 is 0.912 bits per heavy atom. The molecular formula is C28H29N3O3. The number of nitrogens with one attached hydrogen (secondary N) is 1. The number of rotatable bonds is 8. The molecule has 1 N–H and O–H groups in total. The van der Waals surface area contributed by atoms with Gasteiger partial charge in [0.15, 0.2) is 0 Å². The lowest BCUT2D eigenvalue weighted by molar-refractivity contribution is -0.116. The maximum absolute atomic E-state index is 12.7. The van der Waals surface area contributed by atoms with E-state index in [1.54, 1.807) is 11.8 Å². The van der Waals surface area contributed by atoms with E-state index in [4.69, 9.17) is 14.6 Å². The third-order valence-corrected chi connectivity index (χ3v) is 5.54. The van der Waals surface area contributed by atoms with Crippen LogP contribution in [0, 0.1) is 20.8 Å². The molecule has 3 aromatic carbocycles. The monoisotopic (exact) mass is 455 g/mol. The van der Waals surface area contributed by atoms with Gasteiger partial charge in [-0.15, -0.1) is 0 Å². The molecule has 0 spiro atoms. The number of aromatic nitrogens is 2. The van der Waals surface area contributed by atoms with Gasteiger partial charge in [0.25, 0.3) is 0 Å². The summed E-state index contributed by atoms with van der Waals surface area (Å²) in [5.41, 5.74) is 5.63. The van der Waals surface area contributed by atoms with E-state index in [0.29, 0.717) is 30.2 Å². The minimum absolute atomic E-state index is 0.0550. The topological polar surface area (TPSA) is 65.4 Å². The summed E-state index contributed by atoms with van der Waals surface area (Å²) in [6, 6.07) is 23.3. The summed E-state index contributed by atoms with van der Waals surface area (Å²) in [4.78, 5) is 12.7. The first-order chi connectivity index (χ1) is 16.4. The Labute approximate surface area is 200 Å². The van der Waals surface area contributed by atoms with Crippen molar-refractivity contribution in [2.45, 2.75) is 33.6 Å². The van der Waals surface area contributed by atoms with E-state index < -0.39 is 0 Å². The molecule has 4 rings (SSSR count). The van der Waals surface area contributed by atoms with Gasteiger partial charge in [0, 0.05) is 23.7 Å². The number of ether oxygens (including phenoxy) is 2. The molecule has 0 fully saturated rings. The van der Waals surface area contributed by atoms with Gasteiger partial charge in [0.2, 0.25) is 11.8 Å². The van der Waals surface area contributed by atoms with Gasteiger partial charge in [-0.3, -0.25) is 4.79 Å². The lowest BCUT2D eigenvalue weighted by Gasteiger charge is -2.13. The van der Waals surface area contributed by atoms with Crippen LogP contribution >= 0.6 is 0 Å². The number of nitrogens with zero attached hydrogens (tertiary/aromatic N) is 2. The van der Waals surface area contributed by atoms with E-state index in [-0.39, 0.29) is 5.91 Å². The Morgan fingerprint density at radius 3 is 2.35 bits per heavy atom. The third kappa shape index (κ3) is 5.46. The van der Waals surface area contributed by atoms with Crippen molar-refractivity contribution >= 4 is 11.6 Å². The first-order valence-corrected chi connectivity index (χ1v) is 11.3. The molecule has 1 aromatic heterocycles. The van der Waals surface area contributed by atoms with Crippen LogP contribution in [-0.2, 0) is 11.2 Å². The lowest BCUT2D eigenvalue weighted by Crippen LogP contribution is -2.12. The molecule has 0 aliphatic heterocycles. The Morgan fingerprint density at radius 2 is 1.62 bits per heavy atom. The molecule has 34 heavy (non-hydrogen) atoms. The van der Waals surface area contributed by atoms with Crippen molar-refractivity contribution in [1.82, 2.24) is 9.78 Å². The predicted molar refractivity (Wildman–Crippen MR) is 134 cm³/mol. The summed E-state index contributed by atoms with van der Waals surface area (Å²) >= 11 is 0. The summed E-state index contributed by atoms with van der Waals surface area (Å²) in [5.74, 6) is 1.88. The molecular weight excluding hydrogens is 426 g/mol. The van der Waals surface area contributed by atoms with Gasteiger partial charge < -0.3 is 14.8 Å². The number of carbonyl (C=O) groups is 1. The zero-order valence-electron chi connectivity index (χ0n) is 20.0. The van der Waals surface area contributed by atoms with Crippen molar-refractivity contribution in [3.63, 3.8) is 0 Å². The predicted octanol–water partition coefficient (Wildman–Crippen LogP) is 6.17. The quantitative estimate of drug-likeness (QED) is 0.345. The van der Waals surface area contributed by atoms with Gasteiger partial charge in [-0.2, -0.15) is 5.10 Å². The number of hydrogen-bond acceptors (Lipinski definition) is 4. The molecule has 1 amide bonds. The third-order valence-electron chi connectivity index (χ3n) is 5.54.